The average molecular weight is 364 g/mol. The highest BCUT2D eigenvalue weighted by molar-refractivity contribution is 5.30. The average Bonchev–Trinajstić information content (AvgIpc) is 2.84. The predicted octanol–water partition coefficient (Wildman–Crippen LogP) is 3.50. The van der Waals surface area contributed by atoms with E-state index in [1.165, 1.54) is 0 Å². The molecule has 2 bridgehead atoms. The van der Waals surface area contributed by atoms with Crippen molar-refractivity contribution in [2.45, 2.75) is 56.7 Å². The number of nitrogens with two attached hydrogens (primary N) is 1. The van der Waals surface area contributed by atoms with Crippen molar-refractivity contribution in [1.29, 1.82) is 0 Å². The molecular weight excluding hydrogens is 343 g/mol. The minimum atomic E-state index is -2.17. The van der Waals surface area contributed by atoms with Gasteiger partial charge in [-0.1, -0.05) is 0 Å². The van der Waals surface area contributed by atoms with Crippen molar-refractivity contribution < 1.29 is 26.7 Å². The summed E-state index contributed by atoms with van der Waals surface area (Å²) in [7, 11) is 0. The number of nitrogens with zero attached hydrogens (tertiary/aromatic N) is 1. The zero-order valence-electron chi connectivity index (χ0n) is 13.7. The second-order valence-corrected chi connectivity index (χ2v) is 6.73. The van der Waals surface area contributed by atoms with E-state index >= 15 is 0 Å². The maximum atomic E-state index is 13.8. The standard InChI is InChI=1S/C17H21F5N2O/c18-12-13(19)15(21)17(16(22)14(12)20)25-11-7-9-3-4-10(8-11)24(9)6-2-1-5-23/h9-11H,1-8,23H2. The van der Waals surface area contributed by atoms with Crippen LogP contribution in [0.4, 0.5) is 22.0 Å². The van der Waals surface area contributed by atoms with Crippen molar-refractivity contribution in [3.63, 3.8) is 0 Å². The van der Waals surface area contributed by atoms with E-state index in [1.54, 1.807) is 0 Å². The fourth-order valence-electron chi connectivity index (χ4n) is 3.98. The van der Waals surface area contributed by atoms with E-state index in [-0.39, 0.29) is 12.1 Å². The minimum Gasteiger partial charge on any atom is -0.484 e. The van der Waals surface area contributed by atoms with Crippen LogP contribution in [0.1, 0.15) is 38.5 Å². The van der Waals surface area contributed by atoms with Gasteiger partial charge in [-0.2, -0.15) is 8.78 Å². The Morgan fingerprint density at radius 3 is 1.88 bits per heavy atom. The number of halogens is 5. The quantitative estimate of drug-likeness (QED) is 0.363. The molecule has 3 rings (SSSR count). The molecule has 140 valence electrons. The topological polar surface area (TPSA) is 38.5 Å². The third-order valence-electron chi connectivity index (χ3n) is 5.17. The molecule has 1 aromatic carbocycles. The zero-order chi connectivity index (χ0) is 18.1. The number of hydrogen-bond acceptors (Lipinski definition) is 3. The Balaban J connectivity index is 1.71. The van der Waals surface area contributed by atoms with Crippen LogP contribution in [0.15, 0.2) is 0 Å². The summed E-state index contributed by atoms with van der Waals surface area (Å²) in [6.07, 6.45) is 4.27. The van der Waals surface area contributed by atoms with Crippen LogP contribution in [0.2, 0.25) is 0 Å². The molecule has 2 fully saturated rings. The molecule has 2 aliphatic heterocycles. The van der Waals surface area contributed by atoms with Crippen molar-refractivity contribution in [2.75, 3.05) is 13.1 Å². The first-order valence-electron chi connectivity index (χ1n) is 8.58. The number of rotatable bonds is 6. The van der Waals surface area contributed by atoms with Gasteiger partial charge in [0.05, 0.1) is 0 Å². The summed E-state index contributed by atoms with van der Waals surface area (Å²) in [5.41, 5.74) is 5.50. The molecule has 2 atom stereocenters. The highest BCUT2D eigenvalue weighted by Crippen LogP contribution is 2.39. The van der Waals surface area contributed by atoms with Gasteiger partial charge in [0.2, 0.25) is 29.1 Å². The van der Waals surface area contributed by atoms with Crippen LogP contribution in [0.25, 0.3) is 0 Å². The summed E-state index contributed by atoms with van der Waals surface area (Å²) in [6, 6.07) is 0.422. The molecule has 0 radical (unpaired) electrons. The number of ether oxygens (including phenoxy) is 1. The summed E-state index contributed by atoms with van der Waals surface area (Å²) >= 11 is 0. The van der Waals surface area contributed by atoms with Crippen LogP contribution < -0.4 is 10.5 Å². The zero-order valence-corrected chi connectivity index (χ0v) is 13.7. The monoisotopic (exact) mass is 364 g/mol. The maximum absolute atomic E-state index is 13.8. The van der Waals surface area contributed by atoms with Crippen molar-refractivity contribution in [3.8, 4) is 5.75 Å². The van der Waals surface area contributed by atoms with Crippen molar-refractivity contribution >= 4 is 0 Å². The molecule has 2 heterocycles. The molecule has 2 N–H and O–H groups in total. The minimum absolute atomic E-state index is 0.211. The Labute approximate surface area is 142 Å². The first-order chi connectivity index (χ1) is 11.9. The van der Waals surface area contributed by atoms with Gasteiger partial charge in [0.1, 0.15) is 6.10 Å². The van der Waals surface area contributed by atoms with Gasteiger partial charge in [0, 0.05) is 12.1 Å². The van der Waals surface area contributed by atoms with Gasteiger partial charge in [-0.25, -0.2) is 13.2 Å². The van der Waals surface area contributed by atoms with Gasteiger partial charge < -0.3 is 10.5 Å². The molecule has 1 aromatic rings. The maximum Gasteiger partial charge on any atom is 0.207 e. The molecule has 2 unspecified atom stereocenters. The smallest absolute Gasteiger partial charge is 0.207 e. The summed E-state index contributed by atoms with van der Waals surface area (Å²) in [5.74, 6) is -11.1. The van der Waals surface area contributed by atoms with Crippen LogP contribution in [0.3, 0.4) is 0 Å². The lowest BCUT2D eigenvalue weighted by atomic mass is 9.99. The third-order valence-corrected chi connectivity index (χ3v) is 5.17. The number of unbranched alkanes of at least 4 members (excludes halogenated alkanes) is 1. The Hall–Kier alpha value is -1.41. The Morgan fingerprint density at radius 2 is 1.36 bits per heavy atom. The second-order valence-electron chi connectivity index (χ2n) is 6.73. The van der Waals surface area contributed by atoms with Crippen LogP contribution in [-0.4, -0.2) is 36.2 Å². The normalized spacial score (nSPS) is 26.2. The number of hydrogen-bond donors (Lipinski definition) is 1. The van der Waals surface area contributed by atoms with Crippen LogP contribution in [0.5, 0.6) is 5.75 Å². The Kier molecular flexibility index (Phi) is 5.48. The largest absolute Gasteiger partial charge is 0.484 e. The van der Waals surface area contributed by atoms with Crippen LogP contribution >= 0.6 is 0 Å². The Bertz CT molecular complexity index is 599. The van der Waals surface area contributed by atoms with Gasteiger partial charge in [0.15, 0.2) is 5.75 Å². The third kappa shape index (κ3) is 3.46. The second kappa shape index (κ2) is 7.45. The van der Waals surface area contributed by atoms with Crippen LogP contribution in [0, 0.1) is 29.1 Å². The molecule has 2 saturated heterocycles. The van der Waals surface area contributed by atoms with Gasteiger partial charge in [-0.05, 0) is 51.6 Å². The predicted molar refractivity (Wildman–Crippen MR) is 81.7 cm³/mol. The molecule has 2 aliphatic rings. The molecule has 0 aliphatic carbocycles. The van der Waals surface area contributed by atoms with Gasteiger partial charge in [-0.3, -0.25) is 4.90 Å². The van der Waals surface area contributed by atoms with Crippen molar-refractivity contribution in [3.05, 3.63) is 29.1 Å². The van der Waals surface area contributed by atoms with Crippen molar-refractivity contribution in [1.82, 2.24) is 4.90 Å². The SMILES string of the molecule is NCCCCN1C2CCC1CC(Oc1c(F)c(F)c(F)c(F)c1F)C2. The number of fused-ring (bicyclic) bond motifs is 2. The van der Waals surface area contributed by atoms with Gasteiger partial charge in [-0.15, -0.1) is 0 Å². The Morgan fingerprint density at radius 1 is 0.840 bits per heavy atom. The molecule has 25 heavy (non-hydrogen) atoms. The molecule has 0 aromatic heterocycles. The van der Waals surface area contributed by atoms with E-state index in [0.29, 0.717) is 19.4 Å². The molecule has 0 saturated carbocycles. The van der Waals surface area contributed by atoms with E-state index in [2.05, 4.69) is 4.90 Å². The summed E-state index contributed by atoms with van der Waals surface area (Å²) in [6.45, 7) is 1.54. The van der Waals surface area contributed by atoms with E-state index in [9.17, 15) is 22.0 Å². The fraction of sp³-hybridized carbons (Fsp3) is 0.647. The van der Waals surface area contributed by atoms with E-state index in [1.807, 2.05) is 0 Å². The molecule has 0 amide bonds. The molecule has 3 nitrogen and oxygen atoms in total. The lowest BCUT2D eigenvalue weighted by molar-refractivity contribution is 0.0431. The molecule has 8 heteroatoms. The van der Waals surface area contributed by atoms with Crippen molar-refractivity contribution in [2.24, 2.45) is 5.73 Å². The van der Waals surface area contributed by atoms with E-state index in [4.69, 9.17) is 10.5 Å². The first-order valence-corrected chi connectivity index (χ1v) is 8.58. The van der Waals surface area contributed by atoms with Gasteiger partial charge >= 0.3 is 0 Å². The highest BCUT2D eigenvalue weighted by atomic mass is 19.2. The van der Waals surface area contributed by atoms with E-state index in [0.717, 1.165) is 32.2 Å². The summed E-state index contributed by atoms with van der Waals surface area (Å²) in [5, 5.41) is 0. The number of piperidine rings is 1. The summed E-state index contributed by atoms with van der Waals surface area (Å²) in [4.78, 5) is 2.36. The fourth-order valence-corrected chi connectivity index (χ4v) is 3.98. The molecular formula is C17H21F5N2O. The lowest BCUT2D eigenvalue weighted by Gasteiger charge is -2.39. The molecule has 0 spiro atoms. The van der Waals surface area contributed by atoms with Crippen LogP contribution in [-0.2, 0) is 0 Å². The van der Waals surface area contributed by atoms with E-state index < -0.39 is 40.9 Å². The van der Waals surface area contributed by atoms with Gasteiger partial charge in [0.25, 0.3) is 0 Å². The summed E-state index contributed by atoms with van der Waals surface area (Å²) < 4.78 is 72.5. The first kappa shape index (κ1) is 18.4. The highest BCUT2D eigenvalue weighted by Gasteiger charge is 2.42. The number of benzene rings is 1. The lowest BCUT2D eigenvalue weighted by Crippen LogP contribution is -2.46.